The number of hydrogen-bond donors (Lipinski definition) is 1. The molecule has 0 bridgehead atoms. The number of nitrogens with zero attached hydrogens (tertiary/aromatic N) is 2. The van der Waals surface area contributed by atoms with E-state index in [4.69, 9.17) is 0 Å². The number of anilines is 1. The number of aryl methyl sites for hydroxylation is 3. The van der Waals surface area contributed by atoms with Crippen LogP contribution in [-0.2, 0) is 0 Å². The lowest BCUT2D eigenvalue weighted by Crippen LogP contribution is -2.53. The van der Waals surface area contributed by atoms with Crippen molar-refractivity contribution in [3.63, 3.8) is 0 Å². The van der Waals surface area contributed by atoms with Crippen molar-refractivity contribution in [2.45, 2.75) is 65.3 Å². The van der Waals surface area contributed by atoms with Crippen molar-refractivity contribution in [3.8, 4) is 0 Å². The van der Waals surface area contributed by atoms with Gasteiger partial charge in [-0.1, -0.05) is 43.4 Å². The van der Waals surface area contributed by atoms with E-state index in [-0.39, 0.29) is 6.03 Å². The Morgan fingerprint density at radius 3 is 2.04 bits per heavy atom. The first-order chi connectivity index (χ1) is 12.0. The van der Waals surface area contributed by atoms with Crippen LogP contribution in [0.25, 0.3) is 0 Å². The molecule has 2 fully saturated rings. The fourth-order valence-corrected chi connectivity index (χ4v) is 4.49. The van der Waals surface area contributed by atoms with Crippen LogP contribution < -0.4 is 10.2 Å². The fourth-order valence-electron chi connectivity index (χ4n) is 4.49. The van der Waals surface area contributed by atoms with Crippen LogP contribution in [0.2, 0.25) is 0 Å². The third-order valence-electron chi connectivity index (χ3n) is 5.70. The van der Waals surface area contributed by atoms with Gasteiger partial charge in [-0.05, 0) is 44.7 Å². The third kappa shape index (κ3) is 4.47. The van der Waals surface area contributed by atoms with E-state index in [2.05, 4.69) is 43.1 Å². The van der Waals surface area contributed by atoms with Crippen molar-refractivity contribution in [1.82, 2.24) is 10.2 Å². The van der Waals surface area contributed by atoms with Crippen LogP contribution in [0.3, 0.4) is 0 Å². The first-order valence-corrected chi connectivity index (χ1v) is 9.93. The summed E-state index contributed by atoms with van der Waals surface area (Å²) in [7, 11) is 0. The van der Waals surface area contributed by atoms with Gasteiger partial charge in [0.05, 0.1) is 0 Å². The van der Waals surface area contributed by atoms with Crippen molar-refractivity contribution in [2.24, 2.45) is 0 Å². The monoisotopic (exact) mass is 343 g/mol. The minimum atomic E-state index is 0.143. The van der Waals surface area contributed by atoms with Crippen LogP contribution in [0, 0.1) is 20.8 Å². The normalized spacial score (nSPS) is 19.6. The van der Waals surface area contributed by atoms with Crippen LogP contribution in [-0.4, -0.2) is 43.2 Å². The van der Waals surface area contributed by atoms with Gasteiger partial charge in [-0.25, -0.2) is 4.79 Å². The quantitative estimate of drug-likeness (QED) is 0.818. The first-order valence-electron chi connectivity index (χ1n) is 9.93. The molecule has 138 valence electrons. The zero-order chi connectivity index (χ0) is 17.8. The minimum absolute atomic E-state index is 0.143. The van der Waals surface area contributed by atoms with Crippen molar-refractivity contribution >= 4 is 11.7 Å². The Labute approximate surface area is 152 Å². The zero-order valence-corrected chi connectivity index (χ0v) is 16.1. The van der Waals surface area contributed by atoms with Gasteiger partial charge in [-0.2, -0.15) is 0 Å². The van der Waals surface area contributed by atoms with Gasteiger partial charge in [0, 0.05) is 37.9 Å². The molecular formula is C21H33N3O. The number of amides is 2. The number of rotatable bonds is 2. The molecule has 1 heterocycles. The molecule has 0 aromatic heterocycles. The smallest absolute Gasteiger partial charge is 0.317 e. The molecule has 1 aromatic carbocycles. The van der Waals surface area contributed by atoms with Crippen molar-refractivity contribution in [3.05, 3.63) is 28.8 Å². The standard InChI is InChI=1S/C21H33N3O/c1-16-14-17(2)20(18(3)15-16)23-10-12-24(13-11-23)21(25)22-19-8-6-4-5-7-9-19/h14-15,19H,4-13H2,1-3H3,(H,22,25). The molecule has 1 aliphatic carbocycles. The zero-order valence-electron chi connectivity index (χ0n) is 16.1. The maximum absolute atomic E-state index is 12.6. The lowest BCUT2D eigenvalue weighted by molar-refractivity contribution is 0.189. The van der Waals surface area contributed by atoms with E-state index in [9.17, 15) is 4.79 Å². The average molecular weight is 344 g/mol. The second-order valence-corrected chi connectivity index (χ2v) is 7.86. The molecule has 1 aliphatic heterocycles. The Hall–Kier alpha value is -1.71. The highest BCUT2D eigenvalue weighted by Gasteiger charge is 2.24. The predicted molar refractivity (Wildman–Crippen MR) is 104 cm³/mol. The summed E-state index contributed by atoms with van der Waals surface area (Å²) < 4.78 is 0. The van der Waals surface area contributed by atoms with Gasteiger partial charge in [-0.3, -0.25) is 0 Å². The second kappa shape index (κ2) is 8.11. The maximum Gasteiger partial charge on any atom is 0.317 e. The van der Waals surface area contributed by atoms with E-state index >= 15 is 0 Å². The molecule has 1 saturated heterocycles. The Bertz CT molecular complexity index is 574. The second-order valence-electron chi connectivity index (χ2n) is 7.86. The topological polar surface area (TPSA) is 35.6 Å². The Morgan fingerprint density at radius 2 is 1.48 bits per heavy atom. The van der Waals surface area contributed by atoms with Crippen molar-refractivity contribution in [1.29, 1.82) is 0 Å². The molecule has 25 heavy (non-hydrogen) atoms. The molecule has 1 N–H and O–H groups in total. The summed E-state index contributed by atoms with van der Waals surface area (Å²) in [5.74, 6) is 0. The number of carbonyl (C=O) groups excluding carboxylic acids is 1. The summed E-state index contributed by atoms with van der Waals surface area (Å²) in [5.41, 5.74) is 5.36. The molecule has 0 spiro atoms. The van der Waals surface area contributed by atoms with Crippen molar-refractivity contribution in [2.75, 3.05) is 31.1 Å². The number of piperazine rings is 1. The summed E-state index contributed by atoms with van der Waals surface area (Å²) >= 11 is 0. The van der Waals surface area contributed by atoms with Gasteiger partial charge in [0.2, 0.25) is 0 Å². The SMILES string of the molecule is Cc1cc(C)c(N2CCN(C(=O)NC3CCCCCC3)CC2)c(C)c1. The molecule has 1 saturated carbocycles. The summed E-state index contributed by atoms with van der Waals surface area (Å²) in [6, 6.07) is 5.04. The van der Waals surface area contributed by atoms with Crippen LogP contribution in [0.4, 0.5) is 10.5 Å². The molecule has 4 heteroatoms. The van der Waals surface area contributed by atoms with Gasteiger partial charge in [-0.15, -0.1) is 0 Å². The molecule has 3 rings (SSSR count). The van der Waals surface area contributed by atoms with Crippen LogP contribution >= 0.6 is 0 Å². The molecular weight excluding hydrogens is 310 g/mol. The third-order valence-corrected chi connectivity index (χ3v) is 5.70. The summed E-state index contributed by atoms with van der Waals surface area (Å²) in [5, 5.41) is 3.28. The van der Waals surface area contributed by atoms with E-state index in [1.807, 2.05) is 4.90 Å². The molecule has 2 aliphatic rings. The largest absolute Gasteiger partial charge is 0.368 e. The van der Waals surface area contributed by atoms with E-state index in [0.717, 1.165) is 39.0 Å². The molecule has 0 atom stereocenters. The van der Waals surface area contributed by atoms with E-state index < -0.39 is 0 Å². The number of benzene rings is 1. The minimum Gasteiger partial charge on any atom is -0.368 e. The van der Waals surface area contributed by atoms with Gasteiger partial charge >= 0.3 is 6.03 Å². The van der Waals surface area contributed by atoms with E-state index in [1.165, 1.54) is 48.1 Å². The Balaban J connectivity index is 1.55. The molecule has 0 radical (unpaired) electrons. The number of nitrogens with one attached hydrogen (secondary N) is 1. The number of urea groups is 1. The molecule has 4 nitrogen and oxygen atoms in total. The van der Waals surface area contributed by atoms with Crippen LogP contribution in [0.1, 0.15) is 55.2 Å². The molecule has 1 aromatic rings. The molecule has 0 unspecified atom stereocenters. The predicted octanol–water partition coefficient (Wildman–Crippen LogP) is 4.17. The lowest BCUT2D eigenvalue weighted by atomic mass is 10.0. The Morgan fingerprint density at radius 1 is 0.920 bits per heavy atom. The summed E-state index contributed by atoms with van der Waals surface area (Å²) in [6.07, 6.45) is 7.44. The fraction of sp³-hybridized carbons (Fsp3) is 0.667. The Kier molecular flexibility index (Phi) is 5.87. The van der Waals surface area contributed by atoms with Gasteiger partial charge < -0.3 is 15.1 Å². The summed E-state index contributed by atoms with van der Waals surface area (Å²) in [4.78, 5) is 17.0. The highest BCUT2D eigenvalue weighted by molar-refractivity contribution is 5.75. The lowest BCUT2D eigenvalue weighted by Gasteiger charge is -2.38. The molecule has 2 amide bonds. The van der Waals surface area contributed by atoms with Gasteiger partial charge in [0.1, 0.15) is 0 Å². The van der Waals surface area contributed by atoms with Crippen LogP contribution in [0.5, 0.6) is 0 Å². The van der Waals surface area contributed by atoms with E-state index in [1.54, 1.807) is 0 Å². The van der Waals surface area contributed by atoms with E-state index in [0.29, 0.717) is 6.04 Å². The van der Waals surface area contributed by atoms with Crippen LogP contribution in [0.15, 0.2) is 12.1 Å². The van der Waals surface area contributed by atoms with Crippen molar-refractivity contribution < 1.29 is 4.79 Å². The number of hydrogen-bond acceptors (Lipinski definition) is 2. The first kappa shape index (κ1) is 18.1. The average Bonchev–Trinajstić information content (AvgIpc) is 2.83. The highest BCUT2D eigenvalue weighted by atomic mass is 16.2. The maximum atomic E-state index is 12.6. The summed E-state index contributed by atoms with van der Waals surface area (Å²) in [6.45, 7) is 10.0. The number of carbonyl (C=O) groups is 1. The highest BCUT2D eigenvalue weighted by Crippen LogP contribution is 2.27. The van der Waals surface area contributed by atoms with Gasteiger partial charge in [0.15, 0.2) is 0 Å². The van der Waals surface area contributed by atoms with Gasteiger partial charge in [0.25, 0.3) is 0 Å².